The van der Waals surface area contributed by atoms with Crippen molar-refractivity contribution in [2.45, 2.75) is 6.42 Å². The quantitative estimate of drug-likeness (QED) is 0.831. The molecule has 0 aliphatic heterocycles. The monoisotopic (exact) mass is 230 g/mol. The second-order valence-electron chi connectivity index (χ2n) is 3.77. The van der Waals surface area contributed by atoms with Gasteiger partial charge in [0.15, 0.2) is 0 Å². The van der Waals surface area contributed by atoms with Crippen molar-refractivity contribution in [3.8, 4) is 0 Å². The van der Waals surface area contributed by atoms with Crippen LogP contribution in [0, 0.1) is 0 Å². The number of aromatic nitrogens is 2. The molecule has 2 aromatic rings. The van der Waals surface area contributed by atoms with Gasteiger partial charge in [-0.05, 0) is 24.3 Å². The van der Waals surface area contributed by atoms with Crippen LogP contribution in [0.5, 0.6) is 0 Å². The Hall–Kier alpha value is -2.30. The molecule has 2 rings (SSSR count). The Labute approximate surface area is 99.3 Å². The molecule has 0 atom stereocenters. The van der Waals surface area contributed by atoms with Gasteiger partial charge in [-0.1, -0.05) is 0 Å². The molecule has 0 unspecified atom stereocenters. The molecule has 0 aliphatic rings. The first-order chi connectivity index (χ1) is 8.16. The number of nitrogens with two attached hydrogens (primary N) is 1. The van der Waals surface area contributed by atoms with Gasteiger partial charge in [0.25, 0.3) is 0 Å². The normalized spacial score (nSPS) is 10.2. The van der Waals surface area contributed by atoms with Crippen LogP contribution in [0.1, 0.15) is 5.69 Å². The molecular weight excluding hydrogens is 216 g/mol. The van der Waals surface area contributed by atoms with E-state index in [4.69, 9.17) is 5.73 Å². The highest BCUT2D eigenvalue weighted by molar-refractivity contribution is 5.93. The summed E-state index contributed by atoms with van der Waals surface area (Å²) in [6.45, 7) is 0. The van der Waals surface area contributed by atoms with Crippen LogP contribution in [0.4, 0.5) is 11.5 Å². The van der Waals surface area contributed by atoms with Crippen LogP contribution in [0.15, 0.2) is 36.7 Å². The molecule has 5 heteroatoms. The first-order valence-corrected chi connectivity index (χ1v) is 5.27. The second-order valence-corrected chi connectivity index (χ2v) is 3.77. The Morgan fingerprint density at radius 1 is 1.47 bits per heavy atom. The standard InChI is InChI=1S/C12H14N4O/c1-16(10-4-5-11(13)15-8-10)12(17)7-9-3-2-6-14-9/h2-6,8,14H,7H2,1H3,(H2,13,15). The average molecular weight is 230 g/mol. The summed E-state index contributed by atoms with van der Waals surface area (Å²) in [7, 11) is 1.72. The van der Waals surface area contributed by atoms with Gasteiger partial charge < -0.3 is 15.6 Å². The molecule has 88 valence electrons. The summed E-state index contributed by atoms with van der Waals surface area (Å²) in [6, 6.07) is 7.20. The fourth-order valence-electron chi connectivity index (χ4n) is 1.50. The van der Waals surface area contributed by atoms with E-state index in [1.165, 1.54) is 0 Å². The zero-order chi connectivity index (χ0) is 12.3. The number of pyridine rings is 1. The third-order valence-electron chi connectivity index (χ3n) is 2.54. The van der Waals surface area contributed by atoms with E-state index in [-0.39, 0.29) is 5.91 Å². The summed E-state index contributed by atoms with van der Waals surface area (Å²) in [6.07, 6.45) is 3.73. The lowest BCUT2D eigenvalue weighted by atomic mass is 10.2. The van der Waals surface area contributed by atoms with Gasteiger partial charge >= 0.3 is 0 Å². The van der Waals surface area contributed by atoms with Crippen LogP contribution < -0.4 is 10.6 Å². The molecule has 0 fully saturated rings. The Morgan fingerprint density at radius 3 is 2.88 bits per heavy atom. The zero-order valence-electron chi connectivity index (χ0n) is 9.55. The summed E-state index contributed by atoms with van der Waals surface area (Å²) in [5.41, 5.74) is 7.12. The van der Waals surface area contributed by atoms with Crippen molar-refractivity contribution in [3.63, 3.8) is 0 Å². The Bertz CT molecular complexity index is 490. The van der Waals surface area contributed by atoms with Crippen molar-refractivity contribution >= 4 is 17.4 Å². The molecule has 0 aromatic carbocycles. The van der Waals surface area contributed by atoms with Gasteiger partial charge in [0.05, 0.1) is 18.3 Å². The van der Waals surface area contributed by atoms with E-state index in [9.17, 15) is 4.79 Å². The van der Waals surface area contributed by atoms with Crippen LogP contribution in [0.3, 0.4) is 0 Å². The van der Waals surface area contributed by atoms with Crippen molar-refractivity contribution in [2.75, 3.05) is 17.7 Å². The van der Waals surface area contributed by atoms with Crippen LogP contribution in [0.2, 0.25) is 0 Å². The number of amides is 1. The minimum atomic E-state index is -0.000906. The fourth-order valence-corrected chi connectivity index (χ4v) is 1.50. The van der Waals surface area contributed by atoms with E-state index >= 15 is 0 Å². The van der Waals surface area contributed by atoms with Crippen molar-refractivity contribution in [1.29, 1.82) is 0 Å². The minimum Gasteiger partial charge on any atom is -0.384 e. The fraction of sp³-hybridized carbons (Fsp3) is 0.167. The SMILES string of the molecule is CN(C(=O)Cc1ccc[nH]1)c1ccc(N)nc1. The van der Waals surface area contributed by atoms with Crippen LogP contribution in [-0.2, 0) is 11.2 Å². The Balaban J connectivity index is 2.07. The number of hydrogen-bond acceptors (Lipinski definition) is 3. The number of H-pyrrole nitrogens is 1. The Kier molecular flexibility index (Phi) is 3.09. The maximum absolute atomic E-state index is 11.9. The smallest absolute Gasteiger partial charge is 0.232 e. The predicted octanol–water partition coefficient (Wildman–Crippen LogP) is 1.20. The van der Waals surface area contributed by atoms with Crippen molar-refractivity contribution in [1.82, 2.24) is 9.97 Å². The first kappa shape index (κ1) is 11.2. The topological polar surface area (TPSA) is 75.0 Å². The summed E-state index contributed by atoms with van der Waals surface area (Å²) >= 11 is 0. The van der Waals surface area contributed by atoms with Gasteiger partial charge in [-0.25, -0.2) is 4.98 Å². The third-order valence-corrected chi connectivity index (χ3v) is 2.54. The zero-order valence-corrected chi connectivity index (χ0v) is 9.55. The summed E-state index contributed by atoms with van der Waals surface area (Å²) < 4.78 is 0. The number of likely N-dealkylation sites (N-methyl/N-ethyl adjacent to an activating group) is 1. The summed E-state index contributed by atoms with van der Waals surface area (Å²) in [5, 5.41) is 0. The number of nitrogens with zero attached hydrogens (tertiary/aromatic N) is 2. The number of anilines is 2. The van der Waals surface area contributed by atoms with Gasteiger partial charge in [0, 0.05) is 18.9 Å². The van der Waals surface area contributed by atoms with Crippen molar-refractivity contribution in [3.05, 3.63) is 42.4 Å². The highest BCUT2D eigenvalue weighted by Crippen LogP contribution is 2.13. The highest BCUT2D eigenvalue weighted by Gasteiger charge is 2.12. The second kappa shape index (κ2) is 4.69. The molecule has 0 bridgehead atoms. The lowest BCUT2D eigenvalue weighted by Gasteiger charge is -2.16. The molecule has 17 heavy (non-hydrogen) atoms. The molecular formula is C12H14N4O. The number of carbonyl (C=O) groups excluding carboxylic acids is 1. The number of nitrogen functional groups attached to an aromatic ring is 1. The molecule has 5 nitrogen and oxygen atoms in total. The molecule has 0 spiro atoms. The lowest BCUT2D eigenvalue weighted by Crippen LogP contribution is -2.28. The van der Waals surface area contributed by atoms with Crippen molar-refractivity contribution in [2.24, 2.45) is 0 Å². The molecule has 0 aliphatic carbocycles. The van der Waals surface area contributed by atoms with Gasteiger partial charge in [-0.2, -0.15) is 0 Å². The molecule has 2 heterocycles. The number of nitrogens with one attached hydrogen (secondary N) is 1. The third kappa shape index (κ3) is 2.63. The first-order valence-electron chi connectivity index (χ1n) is 5.27. The maximum Gasteiger partial charge on any atom is 0.232 e. The van der Waals surface area contributed by atoms with E-state index in [1.54, 1.807) is 36.5 Å². The number of rotatable bonds is 3. The molecule has 2 aromatic heterocycles. The molecule has 0 saturated heterocycles. The molecule has 0 radical (unpaired) electrons. The molecule has 3 N–H and O–H groups in total. The summed E-state index contributed by atoms with van der Waals surface area (Å²) in [5.74, 6) is 0.443. The maximum atomic E-state index is 11.9. The van der Waals surface area contributed by atoms with E-state index in [1.807, 2.05) is 12.1 Å². The lowest BCUT2D eigenvalue weighted by molar-refractivity contribution is -0.117. The Morgan fingerprint density at radius 2 is 2.29 bits per heavy atom. The van der Waals surface area contributed by atoms with Gasteiger partial charge in [0.1, 0.15) is 5.82 Å². The van der Waals surface area contributed by atoms with E-state index in [2.05, 4.69) is 9.97 Å². The predicted molar refractivity (Wildman–Crippen MR) is 66.6 cm³/mol. The van der Waals surface area contributed by atoms with Crippen molar-refractivity contribution < 1.29 is 4.79 Å². The minimum absolute atomic E-state index is 0.000906. The largest absolute Gasteiger partial charge is 0.384 e. The number of hydrogen-bond donors (Lipinski definition) is 2. The van der Waals surface area contributed by atoms with Gasteiger partial charge in [-0.15, -0.1) is 0 Å². The number of aromatic amines is 1. The van der Waals surface area contributed by atoms with Crippen LogP contribution >= 0.6 is 0 Å². The number of carbonyl (C=O) groups is 1. The molecule has 0 saturated carbocycles. The van der Waals surface area contributed by atoms with Crippen LogP contribution in [0.25, 0.3) is 0 Å². The van der Waals surface area contributed by atoms with E-state index < -0.39 is 0 Å². The van der Waals surface area contributed by atoms with Crippen LogP contribution in [-0.4, -0.2) is 22.9 Å². The average Bonchev–Trinajstić information content (AvgIpc) is 2.82. The van der Waals surface area contributed by atoms with E-state index in [0.29, 0.717) is 12.2 Å². The van der Waals surface area contributed by atoms with Gasteiger partial charge in [-0.3, -0.25) is 4.79 Å². The summed E-state index contributed by atoms with van der Waals surface area (Å²) in [4.78, 5) is 20.5. The highest BCUT2D eigenvalue weighted by atomic mass is 16.2. The van der Waals surface area contributed by atoms with E-state index in [0.717, 1.165) is 11.4 Å². The van der Waals surface area contributed by atoms with Gasteiger partial charge in [0.2, 0.25) is 5.91 Å². The molecule has 1 amide bonds.